The summed E-state index contributed by atoms with van der Waals surface area (Å²) in [6, 6.07) is -0.834. The molecule has 1 aliphatic heterocycles. The van der Waals surface area contributed by atoms with E-state index < -0.39 is 49.5 Å². The molecule has 9 nitrogen and oxygen atoms in total. The first-order valence-electron chi connectivity index (χ1n) is 31.0. The third-order valence-electron chi connectivity index (χ3n) is 14.5. The number of rotatable bonds is 53. The van der Waals surface area contributed by atoms with E-state index in [2.05, 4.69) is 67.8 Å². The highest BCUT2D eigenvalue weighted by molar-refractivity contribution is 5.76. The molecule has 0 saturated carbocycles. The zero-order valence-electron chi connectivity index (χ0n) is 47.4. The summed E-state index contributed by atoms with van der Waals surface area (Å²) in [5, 5.41) is 54.6. The second-order valence-corrected chi connectivity index (χ2v) is 21.5. The summed E-state index contributed by atoms with van der Waals surface area (Å²) in [7, 11) is 0. The van der Waals surface area contributed by atoms with Crippen molar-refractivity contribution < 1.29 is 39.8 Å². The Morgan fingerprint density at radius 1 is 0.466 bits per heavy atom. The van der Waals surface area contributed by atoms with Gasteiger partial charge >= 0.3 is 0 Å². The first-order valence-corrected chi connectivity index (χ1v) is 31.0. The number of allylic oxidation sites excluding steroid dienone is 9. The number of aliphatic hydroxyl groups excluding tert-OH is 5. The predicted octanol–water partition coefficient (Wildman–Crippen LogP) is 15.9. The van der Waals surface area contributed by atoms with Crippen molar-refractivity contribution in [1.29, 1.82) is 0 Å². The Bertz CT molecular complexity index is 1330. The number of hydrogen-bond donors (Lipinski definition) is 6. The van der Waals surface area contributed by atoms with Crippen LogP contribution < -0.4 is 5.32 Å². The zero-order valence-corrected chi connectivity index (χ0v) is 47.4. The van der Waals surface area contributed by atoms with E-state index in [1.807, 2.05) is 6.08 Å². The van der Waals surface area contributed by atoms with Crippen LogP contribution in [0, 0.1) is 0 Å². The van der Waals surface area contributed by atoms with Gasteiger partial charge in [-0.2, -0.15) is 0 Å². The molecule has 0 aliphatic carbocycles. The van der Waals surface area contributed by atoms with E-state index in [-0.39, 0.29) is 12.5 Å². The average molecular weight is 1030 g/mol. The normalized spacial score (nSPS) is 19.5. The molecule has 1 fully saturated rings. The fourth-order valence-corrected chi connectivity index (χ4v) is 9.63. The molecule has 1 heterocycles. The maximum absolute atomic E-state index is 13.1. The van der Waals surface area contributed by atoms with Crippen LogP contribution in [0.4, 0.5) is 0 Å². The van der Waals surface area contributed by atoms with E-state index >= 15 is 0 Å². The summed E-state index contributed by atoms with van der Waals surface area (Å²) in [5.74, 6) is -0.194. The first-order chi connectivity index (χ1) is 35.8. The van der Waals surface area contributed by atoms with Gasteiger partial charge in [0, 0.05) is 6.42 Å². The van der Waals surface area contributed by atoms with Gasteiger partial charge < -0.3 is 40.3 Å². The highest BCUT2D eigenvalue weighted by Crippen LogP contribution is 2.23. The van der Waals surface area contributed by atoms with Gasteiger partial charge in [-0.15, -0.1) is 0 Å². The highest BCUT2D eigenvalue weighted by atomic mass is 16.7. The molecular formula is C64H117NO8. The number of amides is 1. The van der Waals surface area contributed by atoms with Crippen LogP contribution in [-0.2, 0) is 14.3 Å². The minimum absolute atomic E-state index is 0.194. The van der Waals surface area contributed by atoms with Crippen LogP contribution in [0.15, 0.2) is 60.8 Å². The Hall–Kier alpha value is -2.11. The van der Waals surface area contributed by atoms with E-state index in [0.29, 0.717) is 6.42 Å². The maximum Gasteiger partial charge on any atom is 0.220 e. The van der Waals surface area contributed by atoms with Gasteiger partial charge in [0.15, 0.2) is 6.29 Å². The Kier molecular flexibility index (Phi) is 50.3. The van der Waals surface area contributed by atoms with Gasteiger partial charge in [0.25, 0.3) is 0 Å². The average Bonchev–Trinajstić information content (AvgIpc) is 3.39. The number of ether oxygens (including phenoxy) is 2. The van der Waals surface area contributed by atoms with Crippen LogP contribution >= 0.6 is 0 Å². The highest BCUT2D eigenvalue weighted by Gasteiger charge is 2.44. The van der Waals surface area contributed by atoms with Crippen molar-refractivity contribution in [2.75, 3.05) is 13.2 Å². The molecule has 426 valence electrons. The van der Waals surface area contributed by atoms with Crippen molar-refractivity contribution in [1.82, 2.24) is 5.32 Å². The molecule has 1 amide bonds. The quantitative estimate of drug-likeness (QED) is 0.0261. The van der Waals surface area contributed by atoms with Gasteiger partial charge in [0.05, 0.1) is 25.4 Å². The lowest BCUT2D eigenvalue weighted by atomic mass is 9.99. The zero-order chi connectivity index (χ0) is 52.9. The van der Waals surface area contributed by atoms with Crippen LogP contribution in [-0.4, -0.2) is 87.5 Å². The van der Waals surface area contributed by atoms with E-state index in [9.17, 15) is 30.3 Å². The Morgan fingerprint density at radius 2 is 0.822 bits per heavy atom. The molecule has 0 spiro atoms. The van der Waals surface area contributed by atoms with Crippen LogP contribution in [0.5, 0.6) is 0 Å². The van der Waals surface area contributed by atoms with E-state index in [1.165, 1.54) is 199 Å². The van der Waals surface area contributed by atoms with Crippen LogP contribution in [0.2, 0.25) is 0 Å². The Labute approximate surface area is 449 Å². The molecule has 9 heteroatoms. The number of hydrogen-bond acceptors (Lipinski definition) is 8. The van der Waals surface area contributed by atoms with Crippen molar-refractivity contribution in [2.24, 2.45) is 0 Å². The summed E-state index contributed by atoms with van der Waals surface area (Å²) >= 11 is 0. The number of aliphatic hydroxyl groups is 5. The molecular weight excluding hydrogens is 911 g/mol. The summed E-state index contributed by atoms with van der Waals surface area (Å²) < 4.78 is 11.3. The summed E-state index contributed by atoms with van der Waals surface area (Å²) in [4.78, 5) is 13.1. The molecule has 0 aromatic heterocycles. The van der Waals surface area contributed by atoms with Crippen molar-refractivity contribution in [3.05, 3.63) is 60.8 Å². The molecule has 1 saturated heterocycles. The van der Waals surface area contributed by atoms with Crippen molar-refractivity contribution in [2.45, 2.75) is 326 Å². The van der Waals surface area contributed by atoms with Crippen molar-refractivity contribution in [3.8, 4) is 0 Å². The minimum atomic E-state index is -1.58. The van der Waals surface area contributed by atoms with Crippen LogP contribution in [0.3, 0.4) is 0 Å². The second kappa shape index (κ2) is 53.3. The largest absolute Gasteiger partial charge is 0.394 e. The standard InChI is InChI=1S/C64H117NO8/c1-3-5-7-9-11-13-15-17-19-21-23-25-26-27-28-29-30-31-32-34-35-37-39-41-43-45-47-49-51-53-58(67)57(56-72-64-63(71)62(70)61(69)59(55-66)73-64)65-60(68)54-52-50-48-46-44-42-40-38-36-33-24-22-20-18-16-14-12-10-8-6-4-2/h16,18,22,24,35,37,43,45,51,53,57-59,61-64,66-67,69-71H,3-15,17,19-21,23,25-34,36,38-42,44,46-50,52,54-56H2,1-2H3,(H,65,68)/b18-16-,24-22-,37-35+,45-43+,53-51+. The van der Waals surface area contributed by atoms with E-state index in [0.717, 1.165) is 64.2 Å². The molecule has 1 rings (SSSR count). The molecule has 7 atom stereocenters. The predicted molar refractivity (Wildman–Crippen MR) is 309 cm³/mol. The Balaban J connectivity index is 2.23. The fraction of sp³-hybridized carbons (Fsp3) is 0.828. The molecule has 6 N–H and O–H groups in total. The van der Waals surface area contributed by atoms with E-state index in [4.69, 9.17) is 9.47 Å². The minimum Gasteiger partial charge on any atom is -0.394 e. The van der Waals surface area contributed by atoms with Crippen molar-refractivity contribution in [3.63, 3.8) is 0 Å². The topological polar surface area (TPSA) is 149 Å². The number of carbonyl (C=O) groups is 1. The lowest BCUT2D eigenvalue weighted by Crippen LogP contribution is -2.60. The smallest absolute Gasteiger partial charge is 0.220 e. The summed E-state index contributed by atoms with van der Waals surface area (Å²) in [6.07, 6.45) is 65.9. The second-order valence-electron chi connectivity index (χ2n) is 21.5. The summed E-state index contributed by atoms with van der Waals surface area (Å²) in [6.45, 7) is 3.77. The van der Waals surface area contributed by atoms with Gasteiger partial charge in [0.1, 0.15) is 24.4 Å². The van der Waals surface area contributed by atoms with Crippen LogP contribution in [0.25, 0.3) is 0 Å². The number of carbonyl (C=O) groups excluding carboxylic acids is 1. The maximum atomic E-state index is 13.1. The van der Waals surface area contributed by atoms with Gasteiger partial charge in [-0.05, 0) is 77.0 Å². The molecule has 73 heavy (non-hydrogen) atoms. The molecule has 0 aromatic carbocycles. The summed E-state index contributed by atoms with van der Waals surface area (Å²) in [5.41, 5.74) is 0. The fourth-order valence-electron chi connectivity index (χ4n) is 9.63. The third kappa shape index (κ3) is 42.7. The molecule has 0 bridgehead atoms. The van der Waals surface area contributed by atoms with Gasteiger partial charge in [0.2, 0.25) is 5.91 Å². The van der Waals surface area contributed by atoms with Gasteiger partial charge in [-0.3, -0.25) is 4.79 Å². The SMILES string of the molecule is CCCCCCC/C=C\C/C=C\CCCCCCCCCCCC(=O)NC(COC1OC(CO)C(O)C(O)C1O)C(O)/C=C/CC/C=C/CC/C=C/CCCCCCCCCCCCCCCCCCCCC. The molecule has 0 aromatic rings. The Morgan fingerprint density at radius 3 is 1.23 bits per heavy atom. The lowest BCUT2D eigenvalue weighted by molar-refractivity contribution is -0.302. The number of unbranched alkanes of at least 4 members (excludes halogenated alkanes) is 35. The lowest BCUT2D eigenvalue weighted by Gasteiger charge is -2.40. The molecule has 7 unspecified atom stereocenters. The van der Waals surface area contributed by atoms with Gasteiger partial charge in [-0.25, -0.2) is 0 Å². The third-order valence-corrected chi connectivity index (χ3v) is 14.5. The van der Waals surface area contributed by atoms with Gasteiger partial charge in [-0.1, -0.05) is 261 Å². The monoisotopic (exact) mass is 1030 g/mol. The number of nitrogens with one attached hydrogen (secondary N) is 1. The van der Waals surface area contributed by atoms with E-state index in [1.54, 1.807) is 6.08 Å². The molecule has 0 radical (unpaired) electrons. The van der Waals surface area contributed by atoms with Crippen LogP contribution in [0.1, 0.15) is 284 Å². The molecule has 1 aliphatic rings. The first kappa shape index (κ1) is 68.9. The van der Waals surface area contributed by atoms with Crippen molar-refractivity contribution >= 4 is 5.91 Å².